The van der Waals surface area contributed by atoms with E-state index in [1.165, 1.54) is 13.8 Å². The average molecular weight is 174 g/mol. The average Bonchev–Trinajstić information content (AvgIpc) is 1.81. The Kier molecular flexibility index (Phi) is 4.40. The SMILES string of the molecule is CC(C)OC(C(F)F)C(F)F. The van der Waals surface area contributed by atoms with Crippen LogP contribution in [-0.2, 0) is 4.74 Å². The molecular formula is C6H10F4O. The van der Waals surface area contributed by atoms with Crippen molar-refractivity contribution in [3.63, 3.8) is 0 Å². The van der Waals surface area contributed by atoms with Crippen LogP contribution in [0.25, 0.3) is 0 Å². The molecule has 0 fully saturated rings. The van der Waals surface area contributed by atoms with Gasteiger partial charge in [-0.2, -0.15) is 0 Å². The first kappa shape index (κ1) is 10.7. The molecule has 0 bridgehead atoms. The molecule has 0 aromatic carbocycles. The molecule has 0 saturated heterocycles. The molecule has 0 aromatic rings. The Labute approximate surface area is 62.3 Å². The predicted molar refractivity (Wildman–Crippen MR) is 32.0 cm³/mol. The Balaban J connectivity index is 3.90. The Morgan fingerprint density at radius 2 is 1.27 bits per heavy atom. The summed E-state index contributed by atoms with van der Waals surface area (Å²) in [5, 5.41) is 0. The second kappa shape index (κ2) is 4.54. The van der Waals surface area contributed by atoms with Crippen LogP contribution in [0.2, 0.25) is 0 Å². The third kappa shape index (κ3) is 4.19. The van der Waals surface area contributed by atoms with Crippen LogP contribution in [0.3, 0.4) is 0 Å². The lowest BCUT2D eigenvalue weighted by Gasteiger charge is -2.18. The van der Waals surface area contributed by atoms with Gasteiger partial charge in [0, 0.05) is 0 Å². The van der Waals surface area contributed by atoms with Gasteiger partial charge in [0.2, 0.25) is 0 Å². The van der Waals surface area contributed by atoms with E-state index in [0.29, 0.717) is 0 Å². The molecule has 68 valence electrons. The number of hydrogen-bond donors (Lipinski definition) is 0. The Morgan fingerprint density at radius 3 is 1.36 bits per heavy atom. The topological polar surface area (TPSA) is 9.23 Å². The number of rotatable bonds is 4. The first-order valence-electron chi connectivity index (χ1n) is 3.17. The van der Waals surface area contributed by atoms with Crippen molar-refractivity contribution < 1.29 is 22.3 Å². The molecular weight excluding hydrogens is 164 g/mol. The highest BCUT2D eigenvalue weighted by atomic mass is 19.3. The maximum Gasteiger partial charge on any atom is 0.269 e. The van der Waals surface area contributed by atoms with E-state index in [0.717, 1.165) is 0 Å². The summed E-state index contributed by atoms with van der Waals surface area (Å²) in [4.78, 5) is 0. The quantitative estimate of drug-likeness (QED) is 0.594. The molecule has 0 aliphatic rings. The zero-order chi connectivity index (χ0) is 9.02. The van der Waals surface area contributed by atoms with Gasteiger partial charge in [-0.3, -0.25) is 0 Å². The standard InChI is InChI=1S/C6H10F4O/c1-3(2)11-4(5(7)8)6(9)10/h3-6H,1-2H3. The maximum absolute atomic E-state index is 11.7. The molecule has 0 aromatic heterocycles. The predicted octanol–water partition coefficient (Wildman–Crippen LogP) is 2.31. The fourth-order valence-corrected chi connectivity index (χ4v) is 0.543. The van der Waals surface area contributed by atoms with Gasteiger partial charge in [0.1, 0.15) is 0 Å². The van der Waals surface area contributed by atoms with Crippen LogP contribution in [0.1, 0.15) is 13.8 Å². The van der Waals surface area contributed by atoms with Gasteiger partial charge < -0.3 is 4.74 Å². The summed E-state index contributed by atoms with van der Waals surface area (Å²) in [5.74, 6) is 0. The lowest BCUT2D eigenvalue weighted by molar-refractivity contribution is -0.145. The van der Waals surface area contributed by atoms with Crippen LogP contribution in [-0.4, -0.2) is 25.1 Å². The molecule has 0 radical (unpaired) electrons. The minimum atomic E-state index is -3.13. The molecule has 0 amide bonds. The molecule has 0 aliphatic heterocycles. The summed E-state index contributed by atoms with van der Waals surface area (Å²) in [5.41, 5.74) is 0. The van der Waals surface area contributed by atoms with Gasteiger partial charge in [0.05, 0.1) is 6.10 Å². The molecule has 0 heterocycles. The minimum Gasteiger partial charge on any atom is -0.364 e. The fraction of sp³-hybridized carbons (Fsp3) is 1.00. The lowest BCUT2D eigenvalue weighted by atomic mass is 10.3. The number of halogens is 4. The maximum atomic E-state index is 11.7. The monoisotopic (exact) mass is 174 g/mol. The van der Waals surface area contributed by atoms with Crippen molar-refractivity contribution in [1.82, 2.24) is 0 Å². The van der Waals surface area contributed by atoms with Crippen molar-refractivity contribution in [2.75, 3.05) is 0 Å². The van der Waals surface area contributed by atoms with E-state index in [1.54, 1.807) is 0 Å². The number of ether oxygens (including phenoxy) is 1. The highest BCUT2D eigenvalue weighted by molar-refractivity contribution is 4.64. The smallest absolute Gasteiger partial charge is 0.269 e. The summed E-state index contributed by atoms with van der Waals surface area (Å²) in [7, 11) is 0. The van der Waals surface area contributed by atoms with E-state index in [4.69, 9.17) is 0 Å². The summed E-state index contributed by atoms with van der Waals surface area (Å²) in [6, 6.07) is 0. The van der Waals surface area contributed by atoms with Crippen LogP contribution in [0.15, 0.2) is 0 Å². The summed E-state index contributed by atoms with van der Waals surface area (Å²) >= 11 is 0. The van der Waals surface area contributed by atoms with Crippen molar-refractivity contribution >= 4 is 0 Å². The fourth-order valence-electron chi connectivity index (χ4n) is 0.543. The van der Waals surface area contributed by atoms with E-state index >= 15 is 0 Å². The van der Waals surface area contributed by atoms with Crippen LogP contribution >= 0.6 is 0 Å². The van der Waals surface area contributed by atoms with Crippen LogP contribution in [0.4, 0.5) is 17.6 Å². The van der Waals surface area contributed by atoms with Gasteiger partial charge in [-0.15, -0.1) is 0 Å². The zero-order valence-electron chi connectivity index (χ0n) is 6.23. The molecule has 0 aliphatic carbocycles. The first-order chi connectivity index (χ1) is 4.95. The van der Waals surface area contributed by atoms with Crippen molar-refractivity contribution in [2.45, 2.75) is 38.9 Å². The molecule has 0 unspecified atom stereocenters. The normalized spacial score (nSPS) is 12.5. The van der Waals surface area contributed by atoms with Crippen LogP contribution < -0.4 is 0 Å². The van der Waals surface area contributed by atoms with E-state index in [2.05, 4.69) is 4.74 Å². The number of hydrogen-bond acceptors (Lipinski definition) is 1. The molecule has 0 atom stereocenters. The summed E-state index contributed by atoms with van der Waals surface area (Å²) in [6.07, 6.45) is -9.12. The van der Waals surface area contributed by atoms with E-state index in [-0.39, 0.29) is 0 Å². The minimum absolute atomic E-state index is 0.608. The Morgan fingerprint density at radius 1 is 0.909 bits per heavy atom. The molecule has 0 rings (SSSR count). The van der Waals surface area contributed by atoms with Gasteiger partial charge in [-0.1, -0.05) is 0 Å². The van der Waals surface area contributed by atoms with Crippen molar-refractivity contribution in [3.8, 4) is 0 Å². The molecule has 11 heavy (non-hydrogen) atoms. The highest BCUT2D eigenvalue weighted by Crippen LogP contribution is 2.15. The van der Waals surface area contributed by atoms with E-state index < -0.39 is 25.1 Å². The van der Waals surface area contributed by atoms with Gasteiger partial charge >= 0.3 is 0 Å². The summed E-state index contributed by atoms with van der Waals surface area (Å²) < 4.78 is 51.1. The highest BCUT2D eigenvalue weighted by Gasteiger charge is 2.31. The lowest BCUT2D eigenvalue weighted by Crippen LogP contribution is -2.32. The van der Waals surface area contributed by atoms with Crippen molar-refractivity contribution in [1.29, 1.82) is 0 Å². The van der Waals surface area contributed by atoms with Gasteiger partial charge in [-0.05, 0) is 13.8 Å². The molecule has 0 saturated carbocycles. The molecule has 0 N–H and O–H groups in total. The second-order valence-corrected chi connectivity index (χ2v) is 2.32. The van der Waals surface area contributed by atoms with Gasteiger partial charge in [-0.25, -0.2) is 17.6 Å². The largest absolute Gasteiger partial charge is 0.364 e. The van der Waals surface area contributed by atoms with Gasteiger partial charge in [0.25, 0.3) is 12.9 Å². The molecule has 1 nitrogen and oxygen atoms in total. The second-order valence-electron chi connectivity index (χ2n) is 2.32. The number of alkyl halides is 4. The summed E-state index contributed by atoms with van der Waals surface area (Å²) in [6.45, 7) is 2.86. The Bertz CT molecular complexity index is 96.8. The van der Waals surface area contributed by atoms with Crippen LogP contribution in [0, 0.1) is 0 Å². The van der Waals surface area contributed by atoms with Crippen molar-refractivity contribution in [3.05, 3.63) is 0 Å². The first-order valence-corrected chi connectivity index (χ1v) is 3.17. The van der Waals surface area contributed by atoms with Gasteiger partial charge in [0.15, 0.2) is 6.10 Å². The molecule has 0 spiro atoms. The Hall–Kier alpha value is -0.320. The third-order valence-electron chi connectivity index (χ3n) is 0.926. The molecule has 5 heteroatoms. The van der Waals surface area contributed by atoms with Crippen LogP contribution in [0.5, 0.6) is 0 Å². The third-order valence-corrected chi connectivity index (χ3v) is 0.926. The van der Waals surface area contributed by atoms with Crippen molar-refractivity contribution in [2.24, 2.45) is 0 Å². The van der Waals surface area contributed by atoms with E-state index in [9.17, 15) is 17.6 Å². The zero-order valence-corrected chi connectivity index (χ0v) is 6.23. The van der Waals surface area contributed by atoms with E-state index in [1.807, 2.05) is 0 Å².